The molecule has 0 bridgehead atoms. The normalized spacial score (nSPS) is 11.8. The van der Waals surface area contributed by atoms with Gasteiger partial charge in [-0.3, -0.25) is 0 Å². The van der Waals surface area contributed by atoms with Crippen molar-refractivity contribution in [2.75, 3.05) is 20.8 Å². The maximum absolute atomic E-state index is 6.33. The zero-order valence-electron chi connectivity index (χ0n) is 14.3. The van der Waals surface area contributed by atoms with Crippen molar-refractivity contribution in [1.82, 2.24) is 0 Å². The number of ether oxygens (including phenoxy) is 3. The molecule has 1 atom stereocenters. The number of rotatable bonds is 9. The van der Waals surface area contributed by atoms with Gasteiger partial charge in [-0.2, -0.15) is 0 Å². The van der Waals surface area contributed by atoms with E-state index in [0.29, 0.717) is 30.4 Å². The first-order chi connectivity index (χ1) is 11.7. The molecule has 2 rings (SSSR count). The summed E-state index contributed by atoms with van der Waals surface area (Å²) < 4.78 is 16.8. The third kappa shape index (κ3) is 4.63. The highest BCUT2D eigenvalue weighted by Crippen LogP contribution is 2.38. The third-order valence-electron chi connectivity index (χ3n) is 3.87. The Morgan fingerprint density at radius 2 is 1.62 bits per heavy atom. The van der Waals surface area contributed by atoms with Crippen molar-refractivity contribution in [2.24, 2.45) is 11.5 Å². The van der Waals surface area contributed by atoms with Gasteiger partial charge in [0.05, 0.1) is 14.2 Å². The molecule has 2 aromatic rings. The summed E-state index contributed by atoms with van der Waals surface area (Å²) in [6.07, 6.45) is 1.64. The number of methoxy groups -OCH3 is 2. The zero-order chi connectivity index (χ0) is 17.4. The van der Waals surface area contributed by atoms with Gasteiger partial charge < -0.3 is 25.7 Å². The Kier molecular flexibility index (Phi) is 6.90. The standard InChI is InChI=1S/C19H26N2O3/c1-22-18-11-15(16(21)9-6-10-20)17(12-19(18)23-2)24-13-14-7-4-3-5-8-14/h3-5,7-8,11-12,16H,6,9-10,13,20-21H2,1-2H3/t16-/m0/s1. The summed E-state index contributed by atoms with van der Waals surface area (Å²) >= 11 is 0. The molecule has 0 amide bonds. The fourth-order valence-electron chi connectivity index (χ4n) is 2.52. The van der Waals surface area contributed by atoms with E-state index in [2.05, 4.69) is 0 Å². The Balaban J connectivity index is 2.27. The summed E-state index contributed by atoms with van der Waals surface area (Å²) in [5, 5.41) is 0. The van der Waals surface area contributed by atoms with E-state index in [1.54, 1.807) is 14.2 Å². The summed E-state index contributed by atoms with van der Waals surface area (Å²) in [7, 11) is 3.21. The van der Waals surface area contributed by atoms with Crippen LogP contribution < -0.4 is 25.7 Å². The molecule has 0 spiro atoms. The van der Waals surface area contributed by atoms with Crippen LogP contribution in [0.15, 0.2) is 42.5 Å². The minimum Gasteiger partial charge on any atom is -0.493 e. The van der Waals surface area contributed by atoms with E-state index in [-0.39, 0.29) is 6.04 Å². The smallest absolute Gasteiger partial charge is 0.164 e. The van der Waals surface area contributed by atoms with Crippen LogP contribution in [0.25, 0.3) is 0 Å². The summed E-state index contributed by atoms with van der Waals surface area (Å²) in [6.45, 7) is 1.08. The van der Waals surface area contributed by atoms with Gasteiger partial charge in [0, 0.05) is 17.7 Å². The van der Waals surface area contributed by atoms with Crippen molar-refractivity contribution in [2.45, 2.75) is 25.5 Å². The number of hydrogen-bond donors (Lipinski definition) is 2. The van der Waals surface area contributed by atoms with Gasteiger partial charge in [0.1, 0.15) is 12.4 Å². The monoisotopic (exact) mass is 330 g/mol. The third-order valence-corrected chi connectivity index (χ3v) is 3.87. The Morgan fingerprint density at radius 1 is 0.958 bits per heavy atom. The Hall–Kier alpha value is -2.24. The SMILES string of the molecule is COc1cc(OCc2ccccc2)c([C@@H](N)CCCN)cc1OC. The summed E-state index contributed by atoms with van der Waals surface area (Å²) in [6, 6.07) is 13.6. The maximum Gasteiger partial charge on any atom is 0.164 e. The lowest BCUT2D eigenvalue weighted by atomic mass is 10.0. The van der Waals surface area contributed by atoms with Crippen LogP contribution in [-0.2, 0) is 6.61 Å². The van der Waals surface area contributed by atoms with Crippen LogP contribution in [0.1, 0.15) is 30.0 Å². The fourth-order valence-corrected chi connectivity index (χ4v) is 2.52. The van der Waals surface area contributed by atoms with Crippen LogP contribution in [-0.4, -0.2) is 20.8 Å². The summed E-state index contributed by atoms with van der Waals surface area (Å²) in [5.74, 6) is 1.97. The highest BCUT2D eigenvalue weighted by atomic mass is 16.5. The van der Waals surface area contributed by atoms with Crippen molar-refractivity contribution in [3.05, 3.63) is 53.6 Å². The highest BCUT2D eigenvalue weighted by molar-refractivity contribution is 5.51. The van der Waals surface area contributed by atoms with Crippen LogP contribution in [0.3, 0.4) is 0 Å². The molecule has 4 N–H and O–H groups in total. The average molecular weight is 330 g/mol. The quantitative estimate of drug-likeness (QED) is 0.739. The Bertz CT molecular complexity index is 632. The molecule has 0 aromatic heterocycles. The van der Waals surface area contributed by atoms with E-state index in [1.165, 1.54) is 0 Å². The maximum atomic E-state index is 6.33. The van der Waals surface area contributed by atoms with Gasteiger partial charge >= 0.3 is 0 Å². The predicted molar refractivity (Wildman–Crippen MR) is 95.5 cm³/mol. The minimum absolute atomic E-state index is 0.167. The van der Waals surface area contributed by atoms with Crippen molar-refractivity contribution in [3.63, 3.8) is 0 Å². The molecule has 0 heterocycles. The van der Waals surface area contributed by atoms with Crippen LogP contribution >= 0.6 is 0 Å². The van der Waals surface area contributed by atoms with Gasteiger partial charge in [-0.15, -0.1) is 0 Å². The first kappa shape index (κ1) is 18.1. The number of nitrogens with two attached hydrogens (primary N) is 2. The van der Waals surface area contributed by atoms with Crippen molar-refractivity contribution in [3.8, 4) is 17.2 Å². The van der Waals surface area contributed by atoms with Gasteiger partial charge in [0.15, 0.2) is 11.5 Å². The van der Waals surface area contributed by atoms with Crippen LogP contribution in [0, 0.1) is 0 Å². The van der Waals surface area contributed by atoms with Crippen LogP contribution in [0.4, 0.5) is 0 Å². The lowest BCUT2D eigenvalue weighted by molar-refractivity contribution is 0.294. The lowest BCUT2D eigenvalue weighted by Gasteiger charge is -2.20. The lowest BCUT2D eigenvalue weighted by Crippen LogP contribution is -2.14. The molecule has 0 aliphatic carbocycles. The van der Waals surface area contributed by atoms with E-state index >= 15 is 0 Å². The van der Waals surface area contributed by atoms with Gasteiger partial charge in [-0.1, -0.05) is 30.3 Å². The first-order valence-electron chi connectivity index (χ1n) is 8.07. The number of hydrogen-bond acceptors (Lipinski definition) is 5. The van der Waals surface area contributed by atoms with Gasteiger partial charge in [0.25, 0.3) is 0 Å². The highest BCUT2D eigenvalue weighted by Gasteiger charge is 2.17. The molecule has 0 unspecified atom stereocenters. The topological polar surface area (TPSA) is 79.7 Å². The van der Waals surface area contributed by atoms with Crippen molar-refractivity contribution in [1.29, 1.82) is 0 Å². The van der Waals surface area contributed by atoms with Gasteiger partial charge in [-0.25, -0.2) is 0 Å². The van der Waals surface area contributed by atoms with Gasteiger partial charge in [0.2, 0.25) is 0 Å². The summed E-state index contributed by atoms with van der Waals surface area (Å²) in [4.78, 5) is 0. The molecule has 0 radical (unpaired) electrons. The molecule has 5 nitrogen and oxygen atoms in total. The molecule has 0 saturated heterocycles. The van der Waals surface area contributed by atoms with E-state index in [1.807, 2.05) is 42.5 Å². The molecule has 0 fully saturated rings. The predicted octanol–water partition coefficient (Wildman–Crippen LogP) is 3.02. The molecule has 130 valence electrons. The van der Waals surface area contributed by atoms with E-state index in [0.717, 1.165) is 24.0 Å². The molecule has 24 heavy (non-hydrogen) atoms. The second kappa shape index (κ2) is 9.15. The molecule has 5 heteroatoms. The second-order valence-corrected chi connectivity index (χ2v) is 5.56. The largest absolute Gasteiger partial charge is 0.493 e. The Labute approximate surface area is 143 Å². The van der Waals surface area contributed by atoms with Crippen molar-refractivity contribution < 1.29 is 14.2 Å². The molecule has 0 aliphatic heterocycles. The van der Waals surface area contributed by atoms with E-state index in [9.17, 15) is 0 Å². The molecular weight excluding hydrogens is 304 g/mol. The first-order valence-corrected chi connectivity index (χ1v) is 8.07. The molecule has 2 aromatic carbocycles. The van der Waals surface area contributed by atoms with E-state index in [4.69, 9.17) is 25.7 Å². The fraction of sp³-hybridized carbons (Fsp3) is 0.368. The zero-order valence-corrected chi connectivity index (χ0v) is 14.3. The Morgan fingerprint density at radius 3 is 2.25 bits per heavy atom. The summed E-state index contributed by atoms with van der Waals surface area (Å²) in [5.41, 5.74) is 13.9. The minimum atomic E-state index is -0.167. The molecular formula is C19H26N2O3. The van der Waals surface area contributed by atoms with Crippen molar-refractivity contribution >= 4 is 0 Å². The van der Waals surface area contributed by atoms with Crippen LogP contribution in [0.5, 0.6) is 17.2 Å². The second-order valence-electron chi connectivity index (χ2n) is 5.56. The van der Waals surface area contributed by atoms with Crippen LogP contribution in [0.2, 0.25) is 0 Å². The average Bonchev–Trinajstić information content (AvgIpc) is 2.64. The molecule has 0 aliphatic rings. The van der Waals surface area contributed by atoms with E-state index < -0.39 is 0 Å². The van der Waals surface area contributed by atoms with Gasteiger partial charge in [-0.05, 0) is 31.0 Å². The molecule has 0 saturated carbocycles. The number of benzene rings is 2.